The zero-order valence-electron chi connectivity index (χ0n) is 16.4. The first kappa shape index (κ1) is 20.1. The van der Waals surface area contributed by atoms with Crippen LogP contribution in [0.15, 0.2) is 83.9 Å². The summed E-state index contributed by atoms with van der Waals surface area (Å²) in [7, 11) is 0. The van der Waals surface area contributed by atoms with Crippen molar-refractivity contribution < 1.29 is 14.3 Å². The molecule has 5 heteroatoms. The molecule has 0 saturated heterocycles. The molecule has 3 aromatic carbocycles. The van der Waals surface area contributed by atoms with Crippen molar-refractivity contribution in [3.63, 3.8) is 0 Å². The molecule has 0 aliphatic heterocycles. The second-order valence-corrected chi connectivity index (χ2v) is 6.31. The van der Waals surface area contributed by atoms with Gasteiger partial charge in [-0.1, -0.05) is 30.3 Å². The fourth-order valence-electron chi connectivity index (χ4n) is 2.59. The lowest BCUT2D eigenvalue weighted by Gasteiger charge is -2.08. The summed E-state index contributed by atoms with van der Waals surface area (Å²) in [5.41, 5.74) is 2.85. The van der Waals surface area contributed by atoms with Crippen LogP contribution in [0.2, 0.25) is 0 Å². The Morgan fingerprint density at radius 3 is 2.24 bits per heavy atom. The zero-order chi connectivity index (χ0) is 20.3. The third-order valence-corrected chi connectivity index (χ3v) is 4.09. The predicted molar refractivity (Wildman–Crippen MR) is 115 cm³/mol. The lowest BCUT2D eigenvalue weighted by Crippen LogP contribution is -2.28. The molecule has 0 bridgehead atoms. The van der Waals surface area contributed by atoms with E-state index in [9.17, 15) is 4.79 Å². The van der Waals surface area contributed by atoms with Crippen LogP contribution in [-0.4, -0.2) is 25.3 Å². The highest BCUT2D eigenvalue weighted by Gasteiger charge is 2.03. The molecule has 29 heavy (non-hydrogen) atoms. The van der Waals surface area contributed by atoms with E-state index >= 15 is 0 Å². The van der Waals surface area contributed by atoms with E-state index in [2.05, 4.69) is 10.3 Å². The molecular formula is C24H24N2O3. The number of benzene rings is 3. The highest BCUT2D eigenvalue weighted by Crippen LogP contribution is 2.18. The molecule has 1 N–H and O–H groups in total. The Bertz CT molecular complexity index is 921. The van der Waals surface area contributed by atoms with E-state index in [1.54, 1.807) is 6.21 Å². The van der Waals surface area contributed by atoms with Crippen LogP contribution in [-0.2, 0) is 11.3 Å². The molecule has 3 aromatic rings. The Labute approximate surface area is 171 Å². The first-order valence-electron chi connectivity index (χ1n) is 9.53. The number of rotatable bonds is 9. The molecule has 0 heterocycles. The molecule has 0 aliphatic rings. The summed E-state index contributed by atoms with van der Waals surface area (Å²) in [6, 6.07) is 24.8. The van der Waals surface area contributed by atoms with Gasteiger partial charge in [0.1, 0.15) is 11.5 Å². The van der Waals surface area contributed by atoms with Gasteiger partial charge in [0.25, 0.3) is 5.91 Å². The van der Waals surface area contributed by atoms with Gasteiger partial charge in [0, 0.05) is 12.8 Å². The number of aliphatic imine (C=N–C) groups is 1. The summed E-state index contributed by atoms with van der Waals surface area (Å²) in [6.45, 7) is 3.07. The van der Waals surface area contributed by atoms with Gasteiger partial charge < -0.3 is 14.8 Å². The predicted octanol–water partition coefficient (Wildman–Crippen LogP) is 4.53. The van der Waals surface area contributed by atoms with Crippen LogP contribution >= 0.6 is 0 Å². The van der Waals surface area contributed by atoms with Crippen LogP contribution in [0.1, 0.15) is 18.1 Å². The first-order valence-corrected chi connectivity index (χ1v) is 9.53. The molecule has 1 amide bonds. The minimum atomic E-state index is -0.157. The summed E-state index contributed by atoms with van der Waals surface area (Å²) in [5, 5.41) is 2.84. The smallest absolute Gasteiger partial charge is 0.258 e. The molecular weight excluding hydrogens is 364 g/mol. The Morgan fingerprint density at radius 2 is 1.55 bits per heavy atom. The molecule has 0 saturated carbocycles. The number of nitrogens with zero attached hydrogens (tertiary/aromatic N) is 1. The van der Waals surface area contributed by atoms with Crippen LogP contribution in [0.25, 0.3) is 0 Å². The molecule has 0 aromatic heterocycles. The van der Waals surface area contributed by atoms with Gasteiger partial charge in [-0.3, -0.25) is 9.79 Å². The molecule has 0 unspecified atom stereocenters. The number of ether oxygens (including phenoxy) is 2. The quantitative estimate of drug-likeness (QED) is 0.548. The van der Waals surface area contributed by atoms with Crippen molar-refractivity contribution in [2.24, 2.45) is 4.99 Å². The summed E-state index contributed by atoms with van der Waals surface area (Å²) in [4.78, 5) is 16.4. The molecule has 0 radical (unpaired) electrons. The number of amides is 1. The van der Waals surface area contributed by atoms with E-state index < -0.39 is 0 Å². The lowest BCUT2D eigenvalue weighted by atomic mass is 10.2. The Balaban J connectivity index is 1.45. The van der Waals surface area contributed by atoms with Gasteiger partial charge in [-0.05, 0) is 66.6 Å². The minimum Gasteiger partial charge on any atom is -0.494 e. The van der Waals surface area contributed by atoms with Crippen molar-refractivity contribution in [2.45, 2.75) is 13.5 Å². The Kier molecular flexibility index (Phi) is 7.41. The van der Waals surface area contributed by atoms with Gasteiger partial charge in [0.15, 0.2) is 6.61 Å². The summed E-state index contributed by atoms with van der Waals surface area (Å²) in [5.74, 6) is 1.31. The van der Waals surface area contributed by atoms with E-state index in [1.165, 1.54) is 0 Å². The molecule has 0 aliphatic carbocycles. The van der Waals surface area contributed by atoms with Crippen molar-refractivity contribution in [1.29, 1.82) is 0 Å². The van der Waals surface area contributed by atoms with E-state index in [0.29, 0.717) is 18.9 Å². The van der Waals surface area contributed by atoms with Crippen LogP contribution < -0.4 is 14.8 Å². The molecule has 148 valence electrons. The van der Waals surface area contributed by atoms with Gasteiger partial charge in [-0.2, -0.15) is 0 Å². The fourth-order valence-corrected chi connectivity index (χ4v) is 2.59. The van der Waals surface area contributed by atoms with E-state index in [-0.39, 0.29) is 12.5 Å². The fraction of sp³-hybridized carbons (Fsp3) is 0.167. The average Bonchev–Trinajstić information content (AvgIpc) is 2.77. The number of hydrogen-bond donors (Lipinski definition) is 1. The molecule has 0 atom stereocenters. The zero-order valence-corrected chi connectivity index (χ0v) is 16.4. The number of carbonyl (C=O) groups excluding carboxylic acids is 1. The van der Waals surface area contributed by atoms with Gasteiger partial charge >= 0.3 is 0 Å². The number of carbonyl (C=O) groups is 1. The summed E-state index contributed by atoms with van der Waals surface area (Å²) in [6.07, 6.45) is 1.78. The van der Waals surface area contributed by atoms with Crippen molar-refractivity contribution in [1.82, 2.24) is 5.32 Å². The third kappa shape index (κ3) is 6.81. The minimum absolute atomic E-state index is 0.0214. The van der Waals surface area contributed by atoms with Crippen molar-refractivity contribution in [3.05, 3.63) is 90.0 Å². The molecule has 0 fully saturated rings. The maximum Gasteiger partial charge on any atom is 0.258 e. The van der Waals surface area contributed by atoms with Crippen molar-refractivity contribution in [3.8, 4) is 11.5 Å². The lowest BCUT2D eigenvalue weighted by molar-refractivity contribution is -0.123. The maximum atomic E-state index is 11.9. The van der Waals surface area contributed by atoms with Gasteiger partial charge in [0.2, 0.25) is 0 Å². The third-order valence-electron chi connectivity index (χ3n) is 4.09. The van der Waals surface area contributed by atoms with E-state index in [0.717, 1.165) is 22.6 Å². The standard InChI is InChI=1S/C24H24N2O3/c1-2-28-22-14-10-21(11-15-22)25-16-20-8-12-23(13-9-20)29-18-24(27)26-17-19-6-4-3-5-7-19/h3-16H,2,17-18H2,1H3,(H,26,27). The van der Waals surface area contributed by atoms with E-state index in [1.807, 2.05) is 85.8 Å². The summed E-state index contributed by atoms with van der Waals surface area (Å²) < 4.78 is 11.0. The highest BCUT2D eigenvalue weighted by molar-refractivity contribution is 5.82. The first-order chi connectivity index (χ1) is 14.2. The maximum absolute atomic E-state index is 11.9. The Morgan fingerprint density at radius 1 is 0.897 bits per heavy atom. The topological polar surface area (TPSA) is 59.9 Å². The van der Waals surface area contributed by atoms with Gasteiger partial charge in [-0.25, -0.2) is 0 Å². The highest BCUT2D eigenvalue weighted by atomic mass is 16.5. The van der Waals surface area contributed by atoms with Crippen LogP contribution in [0.5, 0.6) is 11.5 Å². The van der Waals surface area contributed by atoms with Crippen molar-refractivity contribution >= 4 is 17.8 Å². The molecule has 3 rings (SSSR count). The molecule has 5 nitrogen and oxygen atoms in total. The average molecular weight is 388 g/mol. The number of hydrogen-bond acceptors (Lipinski definition) is 4. The molecule has 0 spiro atoms. The normalized spacial score (nSPS) is 10.7. The number of nitrogens with one attached hydrogen (secondary N) is 1. The second kappa shape index (κ2) is 10.7. The second-order valence-electron chi connectivity index (χ2n) is 6.31. The summed E-state index contributed by atoms with van der Waals surface area (Å²) >= 11 is 0. The SMILES string of the molecule is CCOc1ccc(N=Cc2ccc(OCC(=O)NCc3ccccc3)cc2)cc1. The van der Waals surface area contributed by atoms with Crippen molar-refractivity contribution in [2.75, 3.05) is 13.2 Å². The van der Waals surface area contributed by atoms with Gasteiger partial charge in [-0.15, -0.1) is 0 Å². The van der Waals surface area contributed by atoms with Crippen LogP contribution in [0.4, 0.5) is 5.69 Å². The van der Waals surface area contributed by atoms with Crippen LogP contribution in [0, 0.1) is 0 Å². The van der Waals surface area contributed by atoms with Gasteiger partial charge in [0.05, 0.1) is 12.3 Å². The van der Waals surface area contributed by atoms with Crippen LogP contribution in [0.3, 0.4) is 0 Å². The monoisotopic (exact) mass is 388 g/mol. The largest absolute Gasteiger partial charge is 0.494 e. The van der Waals surface area contributed by atoms with E-state index in [4.69, 9.17) is 9.47 Å². The Hall–Kier alpha value is -3.60.